The van der Waals surface area contributed by atoms with Gasteiger partial charge >= 0.3 is 5.97 Å². The van der Waals surface area contributed by atoms with Gasteiger partial charge in [0.15, 0.2) is 0 Å². The number of rotatable bonds is 1. The van der Waals surface area contributed by atoms with E-state index in [2.05, 4.69) is 10.8 Å². The molecule has 0 aliphatic carbocycles. The molecule has 1 atom stereocenters. The van der Waals surface area contributed by atoms with Crippen molar-refractivity contribution in [2.45, 2.75) is 18.9 Å². The molecule has 0 aromatic rings. The summed E-state index contributed by atoms with van der Waals surface area (Å²) in [7, 11) is 1.38. The molecule has 1 saturated heterocycles. The summed E-state index contributed by atoms with van der Waals surface area (Å²) >= 11 is 0. The number of esters is 1. The molecular weight excluding hydrogens is 142 g/mol. The minimum Gasteiger partial charge on any atom is -0.467 e. The molecule has 0 N–H and O–H groups in total. The van der Waals surface area contributed by atoms with Gasteiger partial charge in [0.1, 0.15) is 6.04 Å². The molecule has 1 heterocycles. The highest BCUT2D eigenvalue weighted by Gasteiger charge is 2.29. The average molecular weight is 153 g/mol. The van der Waals surface area contributed by atoms with Crippen LogP contribution in [-0.2, 0) is 9.53 Å². The Balaban J connectivity index is 2.58. The number of carbonyl (C=O) groups is 1. The highest BCUT2D eigenvalue weighted by Crippen LogP contribution is 2.16. The van der Waals surface area contributed by atoms with Gasteiger partial charge in [0.25, 0.3) is 0 Å². The molecule has 0 saturated carbocycles. The normalized spacial score (nSPS) is 22.9. The molecule has 3 heteroatoms. The summed E-state index contributed by atoms with van der Waals surface area (Å²) in [6.07, 6.45) is 6.98. The maximum Gasteiger partial charge on any atom is 0.329 e. The largest absolute Gasteiger partial charge is 0.467 e. The van der Waals surface area contributed by atoms with Crippen LogP contribution in [0.25, 0.3) is 0 Å². The lowest BCUT2D eigenvalue weighted by Crippen LogP contribution is -2.33. The summed E-state index contributed by atoms with van der Waals surface area (Å²) < 4.78 is 4.59. The van der Waals surface area contributed by atoms with Crippen molar-refractivity contribution in [3.63, 3.8) is 0 Å². The van der Waals surface area contributed by atoms with E-state index in [1.807, 2.05) is 0 Å². The molecule has 1 aliphatic rings. The second-order valence-corrected chi connectivity index (χ2v) is 2.50. The Hall–Kier alpha value is -1.17. The van der Waals surface area contributed by atoms with E-state index in [0.29, 0.717) is 0 Å². The fourth-order valence-electron chi connectivity index (χ4n) is 1.30. The monoisotopic (exact) mass is 153 g/mol. The standard InChI is InChI=1S/C8H11NO2/c1-3-9-6-4-5-7(9)8(10)11-2/h1,7H,4-6H2,2H3. The molecule has 0 bridgehead atoms. The Labute approximate surface area is 66.3 Å². The average Bonchev–Trinajstić information content (AvgIpc) is 2.50. The zero-order valence-electron chi connectivity index (χ0n) is 6.54. The number of methoxy groups -OCH3 is 1. The summed E-state index contributed by atoms with van der Waals surface area (Å²) in [5.41, 5.74) is 0. The van der Waals surface area contributed by atoms with Crippen LogP contribution in [-0.4, -0.2) is 30.6 Å². The van der Waals surface area contributed by atoms with E-state index >= 15 is 0 Å². The van der Waals surface area contributed by atoms with Crippen LogP contribution in [0.4, 0.5) is 0 Å². The van der Waals surface area contributed by atoms with E-state index in [1.165, 1.54) is 7.11 Å². The van der Waals surface area contributed by atoms with E-state index < -0.39 is 0 Å². The van der Waals surface area contributed by atoms with Crippen LogP contribution in [0.3, 0.4) is 0 Å². The van der Waals surface area contributed by atoms with Crippen molar-refractivity contribution in [1.29, 1.82) is 0 Å². The summed E-state index contributed by atoms with van der Waals surface area (Å²) in [5, 5.41) is 0. The molecule has 3 nitrogen and oxygen atoms in total. The minimum atomic E-state index is -0.222. The van der Waals surface area contributed by atoms with Crippen LogP contribution in [0, 0.1) is 12.5 Å². The highest BCUT2D eigenvalue weighted by molar-refractivity contribution is 5.76. The number of likely N-dealkylation sites (tertiary alicyclic amines) is 1. The molecular formula is C8H11NO2. The van der Waals surface area contributed by atoms with Crippen molar-refractivity contribution in [1.82, 2.24) is 4.90 Å². The highest BCUT2D eigenvalue weighted by atomic mass is 16.5. The molecule has 1 fully saturated rings. The van der Waals surface area contributed by atoms with E-state index in [0.717, 1.165) is 19.4 Å². The Morgan fingerprint density at radius 2 is 2.55 bits per heavy atom. The van der Waals surface area contributed by atoms with Gasteiger partial charge in [0, 0.05) is 12.6 Å². The van der Waals surface area contributed by atoms with Gasteiger partial charge in [-0.05, 0) is 12.8 Å². The summed E-state index contributed by atoms with van der Waals surface area (Å²) in [4.78, 5) is 12.7. The summed E-state index contributed by atoms with van der Waals surface area (Å²) in [6.45, 7) is 0.802. The molecule has 0 spiro atoms. The third-order valence-electron chi connectivity index (χ3n) is 1.89. The van der Waals surface area contributed by atoms with Gasteiger partial charge < -0.3 is 9.64 Å². The Bertz CT molecular complexity index is 195. The Kier molecular flexibility index (Phi) is 2.37. The fraction of sp³-hybridized carbons (Fsp3) is 0.625. The number of terminal acetylenes is 1. The van der Waals surface area contributed by atoms with Gasteiger partial charge in [-0.1, -0.05) is 6.42 Å². The van der Waals surface area contributed by atoms with Gasteiger partial charge in [0.05, 0.1) is 7.11 Å². The van der Waals surface area contributed by atoms with Crippen molar-refractivity contribution in [3.8, 4) is 12.5 Å². The first-order chi connectivity index (χ1) is 5.29. The van der Waals surface area contributed by atoms with Gasteiger partial charge in [0.2, 0.25) is 0 Å². The topological polar surface area (TPSA) is 29.5 Å². The first-order valence-electron chi connectivity index (χ1n) is 3.60. The van der Waals surface area contributed by atoms with Crippen LogP contribution in [0.1, 0.15) is 12.8 Å². The second-order valence-electron chi connectivity index (χ2n) is 2.50. The van der Waals surface area contributed by atoms with Crippen molar-refractivity contribution in [2.75, 3.05) is 13.7 Å². The molecule has 0 amide bonds. The molecule has 1 unspecified atom stereocenters. The number of nitrogens with zero attached hydrogens (tertiary/aromatic N) is 1. The van der Waals surface area contributed by atoms with E-state index in [4.69, 9.17) is 6.42 Å². The van der Waals surface area contributed by atoms with Gasteiger partial charge in [-0.15, -0.1) is 0 Å². The number of hydrogen-bond acceptors (Lipinski definition) is 3. The Morgan fingerprint density at radius 3 is 3.09 bits per heavy atom. The summed E-state index contributed by atoms with van der Waals surface area (Å²) in [6, 6.07) is 2.26. The predicted octanol–water partition coefficient (Wildman–Crippen LogP) is 0.214. The van der Waals surface area contributed by atoms with Crippen molar-refractivity contribution >= 4 is 5.97 Å². The molecule has 0 aromatic carbocycles. The van der Waals surface area contributed by atoms with Crippen LogP contribution in [0.5, 0.6) is 0 Å². The van der Waals surface area contributed by atoms with E-state index in [-0.39, 0.29) is 12.0 Å². The van der Waals surface area contributed by atoms with Crippen molar-refractivity contribution in [3.05, 3.63) is 0 Å². The number of ether oxygens (including phenoxy) is 1. The maximum atomic E-state index is 11.0. The molecule has 0 radical (unpaired) electrons. The van der Waals surface area contributed by atoms with Crippen LogP contribution < -0.4 is 0 Å². The quantitative estimate of drug-likeness (QED) is 0.398. The van der Waals surface area contributed by atoms with Gasteiger partial charge in [-0.25, -0.2) is 4.79 Å². The lowest BCUT2D eigenvalue weighted by Gasteiger charge is -2.16. The first-order valence-corrected chi connectivity index (χ1v) is 3.60. The predicted molar refractivity (Wildman–Crippen MR) is 40.6 cm³/mol. The molecule has 1 aliphatic heterocycles. The van der Waals surface area contributed by atoms with Gasteiger partial charge in [-0.3, -0.25) is 0 Å². The minimum absolute atomic E-state index is 0.204. The molecule has 60 valence electrons. The summed E-state index contributed by atoms with van der Waals surface area (Å²) in [5.74, 6) is -0.222. The van der Waals surface area contributed by atoms with Crippen molar-refractivity contribution < 1.29 is 9.53 Å². The van der Waals surface area contributed by atoms with Crippen LogP contribution in [0.2, 0.25) is 0 Å². The van der Waals surface area contributed by atoms with Crippen LogP contribution >= 0.6 is 0 Å². The maximum absolute atomic E-state index is 11.0. The zero-order valence-corrected chi connectivity index (χ0v) is 6.54. The fourth-order valence-corrected chi connectivity index (χ4v) is 1.30. The number of hydrogen-bond donors (Lipinski definition) is 0. The van der Waals surface area contributed by atoms with Crippen LogP contribution in [0.15, 0.2) is 0 Å². The lowest BCUT2D eigenvalue weighted by atomic mass is 10.2. The molecule has 0 aromatic heterocycles. The number of carbonyl (C=O) groups excluding carboxylic acids is 1. The molecule has 1 rings (SSSR count). The third kappa shape index (κ3) is 1.45. The third-order valence-corrected chi connectivity index (χ3v) is 1.89. The molecule has 11 heavy (non-hydrogen) atoms. The second kappa shape index (κ2) is 3.29. The lowest BCUT2D eigenvalue weighted by molar-refractivity contribution is -0.144. The van der Waals surface area contributed by atoms with Gasteiger partial charge in [-0.2, -0.15) is 0 Å². The Morgan fingerprint density at radius 1 is 1.82 bits per heavy atom. The van der Waals surface area contributed by atoms with E-state index in [1.54, 1.807) is 4.90 Å². The smallest absolute Gasteiger partial charge is 0.329 e. The van der Waals surface area contributed by atoms with E-state index in [9.17, 15) is 4.79 Å². The van der Waals surface area contributed by atoms with Crippen molar-refractivity contribution in [2.24, 2.45) is 0 Å². The first kappa shape index (κ1) is 7.93. The SMILES string of the molecule is C#CN1CCCC1C(=O)OC. The zero-order chi connectivity index (χ0) is 8.27.